The number of aromatic nitrogens is 3. The number of rotatable bonds is 3. The average molecular weight is 360 g/mol. The van der Waals surface area contributed by atoms with Gasteiger partial charge in [0.25, 0.3) is 5.56 Å². The van der Waals surface area contributed by atoms with Gasteiger partial charge < -0.3 is 10.2 Å². The second-order valence-corrected chi connectivity index (χ2v) is 7.26. The third-order valence-electron chi connectivity index (χ3n) is 5.25. The van der Waals surface area contributed by atoms with Crippen LogP contribution in [0.5, 0.6) is 0 Å². The number of aryl methyl sites for hydroxylation is 2. The summed E-state index contributed by atoms with van der Waals surface area (Å²) < 4.78 is 0. The molecule has 0 spiro atoms. The summed E-state index contributed by atoms with van der Waals surface area (Å²) in [5, 5.41) is 10.3. The molecule has 25 heavy (non-hydrogen) atoms. The van der Waals surface area contributed by atoms with E-state index in [1.807, 2.05) is 12.3 Å². The van der Waals surface area contributed by atoms with Gasteiger partial charge in [-0.1, -0.05) is 17.7 Å². The van der Waals surface area contributed by atoms with Crippen LogP contribution in [0.2, 0.25) is 5.02 Å². The van der Waals surface area contributed by atoms with E-state index in [1.54, 1.807) is 6.20 Å². The second kappa shape index (κ2) is 7.14. The number of anilines is 1. The number of nitrogens with zero attached hydrogens (tertiary/aromatic N) is 3. The second-order valence-electron chi connectivity index (χ2n) is 6.88. The summed E-state index contributed by atoms with van der Waals surface area (Å²) in [7, 11) is 0. The predicted octanol–water partition coefficient (Wildman–Crippen LogP) is 1.93. The van der Waals surface area contributed by atoms with Crippen molar-refractivity contribution in [2.75, 3.05) is 18.0 Å². The highest BCUT2D eigenvalue weighted by atomic mass is 35.5. The van der Waals surface area contributed by atoms with Gasteiger partial charge >= 0.3 is 0 Å². The van der Waals surface area contributed by atoms with Gasteiger partial charge in [0.05, 0.1) is 11.9 Å². The van der Waals surface area contributed by atoms with E-state index in [0.717, 1.165) is 50.9 Å². The Bertz CT molecular complexity index is 781. The van der Waals surface area contributed by atoms with Gasteiger partial charge in [0.2, 0.25) is 0 Å². The van der Waals surface area contributed by atoms with Gasteiger partial charge in [0.15, 0.2) is 0 Å². The lowest BCUT2D eigenvalue weighted by atomic mass is 10.1. The maximum absolute atomic E-state index is 11.6. The Labute approximate surface area is 151 Å². The fourth-order valence-electron chi connectivity index (χ4n) is 3.92. The quantitative estimate of drug-likeness (QED) is 0.819. The highest BCUT2D eigenvalue weighted by molar-refractivity contribution is 6.33. The molecule has 6 nitrogen and oxygen atoms in total. The maximum atomic E-state index is 11.6. The molecule has 0 bridgehead atoms. The van der Waals surface area contributed by atoms with Crippen molar-refractivity contribution in [3.05, 3.63) is 51.2 Å². The van der Waals surface area contributed by atoms with Crippen LogP contribution in [-0.4, -0.2) is 40.4 Å². The van der Waals surface area contributed by atoms with Crippen LogP contribution in [0, 0.1) is 0 Å². The molecule has 2 unspecified atom stereocenters. The van der Waals surface area contributed by atoms with Crippen LogP contribution in [0.4, 0.5) is 5.69 Å². The molecular formula is C18H22ClN5O. The lowest BCUT2D eigenvalue weighted by Crippen LogP contribution is -2.40. The minimum atomic E-state index is -0.329. The highest BCUT2D eigenvalue weighted by Crippen LogP contribution is 2.26. The number of hydrogen-bond acceptors (Lipinski definition) is 5. The van der Waals surface area contributed by atoms with Crippen LogP contribution < -0.4 is 15.8 Å². The van der Waals surface area contributed by atoms with Crippen molar-refractivity contribution in [2.24, 2.45) is 0 Å². The summed E-state index contributed by atoms with van der Waals surface area (Å²) in [5.41, 5.74) is 3.04. The van der Waals surface area contributed by atoms with Crippen LogP contribution in [0.1, 0.15) is 30.5 Å². The van der Waals surface area contributed by atoms with Gasteiger partial charge in [-0.3, -0.25) is 9.78 Å². The Morgan fingerprint density at radius 1 is 1.24 bits per heavy atom. The van der Waals surface area contributed by atoms with E-state index in [-0.39, 0.29) is 10.6 Å². The SMILES string of the molecule is O=c1[nH]ncc(N2CCC(NC3CCc4cccnc4CC3)C2)c1Cl. The molecule has 2 aromatic rings. The van der Waals surface area contributed by atoms with Gasteiger partial charge in [0, 0.05) is 37.1 Å². The molecule has 2 aliphatic rings. The Morgan fingerprint density at radius 3 is 3.04 bits per heavy atom. The van der Waals surface area contributed by atoms with Crippen molar-refractivity contribution < 1.29 is 0 Å². The van der Waals surface area contributed by atoms with E-state index < -0.39 is 0 Å². The van der Waals surface area contributed by atoms with Gasteiger partial charge in [-0.05, 0) is 43.7 Å². The first kappa shape index (κ1) is 16.5. The third kappa shape index (κ3) is 3.55. The maximum Gasteiger partial charge on any atom is 0.285 e. The number of nitrogens with one attached hydrogen (secondary N) is 2. The zero-order valence-electron chi connectivity index (χ0n) is 14.0. The molecule has 0 amide bonds. The number of halogens is 1. The normalized spacial score (nSPS) is 23.3. The lowest BCUT2D eigenvalue weighted by molar-refractivity contribution is 0.410. The molecule has 2 N–H and O–H groups in total. The minimum absolute atomic E-state index is 0.228. The molecule has 132 valence electrons. The van der Waals surface area contributed by atoms with Crippen molar-refractivity contribution >= 4 is 17.3 Å². The zero-order chi connectivity index (χ0) is 17.2. The number of pyridine rings is 1. The van der Waals surface area contributed by atoms with Crippen molar-refractivity contribution in [1.82, 2.24) is 20.5 Å². The molecule has 0 aromatic carbocycles. The first-order valence-corrected chi connectivity index (χ1v) is 9.25. The van der Waals surface area contributed by atoms with E-state index >= 15 is 0 Å². The Hall–Kier alpha value is -1.92. The Kier molecular flexibility index (Phi) is 4.72. The van der Waals surface area contributed by atoms with E-state index in [0.29, 0.717) is 12.1 Å². The summed E-state index contributed by atoms with van der Waals surface area (Å²) >= 11 is 6.13. The standard InChI is InChI=1S/C18H22ClN5O/c19-17-16(10-21-23-18(17)25)24-9-7-14(11-24)22-13-4-3-12-2-1-8-20-15(12)6-5-13/h1-2,8,10,13-14,22H,3-7,9,11H2,(H,23,25). The van der Waals surface area contributed by atoms with Gasteiger partial charge in [-0.15, -0.1) is 0 Å². The fraction of sp³-hybridized carbons (Fsp3) is 0.500. The van der Waals surface area contributed by atoms with Crippen LogP contribution in [-0.2, 0) is 12.8 Å². The summed E-state index contributed by atoms with van der Waals surface area (Å²) in [6.07, 6.45) is 8.96. The number of fused-ring (bicyclic) bond motifs is 1. The molecule has 1 aliphatic carbocycles. The van der Waals surface area contributed by atoms with Gasteiger partial charge in [-0.25, -0.2) is 5.10 Å². The predicted molar refractivity (Wildman–Crippen MR) is 98.3 cm³/mol. The number of H-pyrrole nitrogens is 1. The summed E-state index contributed by atoms with van der Waals surface area (Å²) in [6.45, 7) is 1.74. The van der Waals surface area contributed by atoms with E-state index in [1.165, 1.54) is 11.3 Å². The first-order valence-electron chi connectivity index (χ1n) is 8.87. The van der Waals surface area contributed by atoms with Crippen LogP contribution in [0.25, 0.3) is 0 Å². The smallest absolute Gasteiger partial charge is 0.285 e. The highest BCUT2D eigenvalue weighted by Gasteiger charge is 2.27. The summed E-state index contributed by atoms with van der Waals surface area (Å²) in [5.74, 6) is 0. The Morgan fingerprint density at radius 2 is 2.12 bits per heavy atom. The molecule has 0 radical (unpaired) electrons. The van der Waals surface area contributed by atoms with Crippen molar-refractivity contribution in [1.29, 1.82) is 0 Å². The van der Waals surface area contributed by atoms with Crippen LogP contribution >= 0.6 is 11.6 Å². The summed E-state index contributed by atoms with van der Waals surface area (Å²) in [4.78, 5) is 18.3. The molecule has 1 saturated heterocycles. The number of aromatic amines is 1. The molecule has 7 heteroatoms. The number of hydrogen-bond donors (Lipinski definition) is 2. The van der Waals surface area contributed by atoms with E-state index in [9.17, 15) is 4.79 Å². The van der Waals surface area contributed by atoms with Crippen molar-refractivity contribution in [2.45, 2.75) is 44.2 Å². The first-order chi connectivity index (χ1) is 12.2. The largest absolute Gasteiger partial charge is 0.367 e. The lowest BCUT2D eigenvalue weighted by Gasteiger charge is -2.23. The average Bonchev–Trinajstić information content (AvgIpc) is 2.98. The van der Waals surface area contributed by atoms with Crippen molar-refractivity contribution in [3.8, 4) is 0 Å². The van der Waals surface area contributed by atoms with E-state index in [4.69, 9.17) is 11.6 Å². The molecule has 3 heterocycles. The fourth-order valence-corrected chi connectivity index (χ4v) is 4.13. The van der Waals surface area contributed by atoms with Crippen LogP contribution in [0.15, 0.2) is 29.3 Å². The molecule has 1 fully saturated rings. The van der Waals surface area contributed by atoms with Gasteiger partial charge in [0.1, 0.15) is 5.02 Å². The minimum Gasteiger partial charge on any atom is -0.367 e. The van der Waals surface area contributed by atoms with Crippen molar-refractivity contribution in [3.63, 3.8) is 0 Å². The molecule has 2 aromatic heterocycles. The monoisotopic (exact) mass is 359 g/mol. The molecule has 2 atom stereocenters. The van der Waals surface area contributed by atoms with E-state index in [2.05, 4.69) is 31.5 Å². The molecule has 0 saturated carbocycles. The molecule has 4 rings (SSSR count). The van der Waals surface area contributed by atoms with Crippen LogP contribution in [0.3, 0.4) is 0 Å². The zero-order valence-corrected chi connectivity index (χ0v) is 14.8. The molecular weight excluding hydrogens is 338 g/mol. The summed E-state index contributed by atoms with van der Waals surface area (Å²) in [6, 6.07) is 5.14. The topological polar surface area (TPSA) is 73.9 Å². The Balaban J connectivity index is 1.37. The van der Waals surface area contributed by atoms with Gasteiger partial charge in [-0.2, -0.15) is 5.10 Å². The third-order valence-corrected chi connectivity index (χ3v) is 5.62. The molecule has 1 aliphatic heterocycles.